The second kappa shape index (κ2) is 6.65. The third-order valence-electron chi connectivity index (χ3n) is 1.27. The van der Waals surface area contributed by atoms with Gasteiger partial charge in [-0.2, -0.15) is 0 Å². The van der Waals surface area contributed by atoms with Gasteiger partial charge >= 0.3 is 11.9 Å². The monoisotopic (exact) mass is 222 g/mol. The van der Waals surface area contributed by atoms with Crippen molar-refractivity contribution in [1.29, 1.82) is 0 Å². The number of ether oxygens (including phenoxy) is 2. The Labute approximate surface area is 88.5 Å². The minimum Gasteiger partial charge on any atom is -0.463 e. The second-order valence-corrected chi connectivity index (χ2v) is 3.44. The fourth-order valence-electron chi connectivity index (χ4n) is 0.859. The van der Waals surface area contributed by atoms with Gasteiger partial charge in [0.25, 0.3) is 0 Å². The van der Waals surface area contributed by atoms with E-state index >= 15 is 0 Å². The van der Waals surface area contributed by atoms with Crippen LogP contribution in [0.1, 0.15) is 27.2 Å². The zero-order valence-electron chi connectivity index (χ0n) is 8.58. The van der Waals surface area contributed by atoms with Gasteiger partial charge in [-0.15, -0.1) is 11.6 Å². The van der Waals surface area contributed by atoms with Gasteiger partial charge in [0.05, 0.1) is 18.4 Å². The highest BCUT2D eigenvalue weighted by Gasteiger charge is 2.17. The molecule has 0 saturated carbocycles. The molecule has 0 bridgehead atoms. The summed E-state index contributed by atoms with van der Waals surface area (Å²) in [6.45, 7) is 4.77. The molecule has 1 atom stereocenters. The predicted octanol–water partition coefficient (Wildman–Crippen LogP) is 1.50. The second-order valence-electron chi connectivity index (χ2n) is 3.13. The van der Waals surface area contributed by atoms with E-state index < -0.39 is 18.0 Å². The van der Waals surface area contributed by atoms with Crippen LogP contribution in [-0.4, -0.2) is 30.0 Å². The van der Waals surface area contributed by atoms with Gasteiger partial charge in [0.1, 0.15) is 6.10 Å². The van der Waals surface area contributed by atoms with E-state index in [4.69, 9.17) is 21.1 Å². The number of rotatable bonds is 5. The van der Waals surface area contributed by atoms with E-state index in [0.717, 1.165) is 0 Å². The molecule has 0 spiro atoms. The van der Waals surface area contributed by atoms with E-state index in [0.29, 0.717) is 0 Å². The van der Waals surface area contributed by atoms with Crippen LogP contribution in [-0.2, 0) is 19.1 Å². The fourth-order valence-corrected chi connectivity index (χ4v) is 1.03. The molecule has 0 amide bonds. The van der Waals surface area contributed by atoms with Gasteiger partial charge in [-0.1, -0.05) is 0 Å². The Hall–Kier alpha value is -0.770. The molecular weight excluding hydrogens is 208 g/mol. The van der Waals surface area contributed by atoms with Crippen LogP contribution in [0.2, 0.25) is 0 Å². The summed E-state index contributed by atoms with van der Waals surface area (Å²) in [6, 6.07) is 0. The molecule has 4 nitrogen and oxygen atoms in total. The SMILES string of the molecule is CC(=O)O[C@H](CCl)CC(=O)OC(C)C. The van der Waals surface area contributed by atoms with Crippen molar-refractivity contribution in [3.63, 3.8) is 0 Å². The number of esters is 2. The van der Waals surface area contributed by atoms with Crippen LogP contribution in [0.15, 0.2) is 0 Å². The standard InChI is InChI=1S/C9H15ClO4/c1-6(2)13-9(12)4-8(5-10)14-7(3)11/h6,8H,4-5H2,1-3H3/t8-/m0/s1. The lowest BCUT2D eigenvalue weighted by Gasteiger charge is -2.14. The van der Waals surface area contributed by atoms with Gasteiger partial charge in [-0.05, 0) is 13.8 Å². The Kier molecular flexibility index (Phi) is 6.28. The van der Waals surface area contributed by atoms with Crippen molar-refractivity contribution in [3.05, 3.63) is 0 Å². The molecule has 0 aliphatic carbocycles. The number of carbonyl (C=O) groups excluding carboxylic acids is 2. The predicted molar refractivity (Wildman–Crippen MR) is 52.1 cm³/mol. The zero-order chi connectivity index (χ0) is 11.1. The van der Waals surface area contributed by atoms with E-state index in [-0.39, 0.29) is 18.4 Å². The highest BCUT2D eigenvalue weighted by Crippen LogP contribution is 2.05. The van der Waals surface area contributed by atoms with Crippen molar-refractivity contribution in [3.8, 4) is 0 Å². The molecule has 0 rings (SSSR count). The van der Waals surface area contributed by atoms with Gasteiger partial charge in [-0.25, -0.2) is 0 Å². The normalized spacial score (nSPS) is 12.4. The Morgan fingerprint density at radius 1 is 1.29 bits per heavy atom. The van der Waals surface area contributed by atoms with Crippen LogP contribution in [0.5, 0.6) is 0 Å². The van der Waals surface area contributed by atoms with Crippen LogP contribution in [0.4, 0.5) is 0 Å². The quantitative estimate of drug-likeness (QED) is 0.523. The molecule has 0 aliphatic heterocycles. The molecule has 82 valence electrons. The Bertz CT molecular complexity index is 203. The molecule has 0 heterocycles. The molecular formula is C9H15ClO4. The molecule has 0 aromatic rings. The average Bonchev–Trinajstić information content (AvgIpc) is 2.00. The van der Waals surface area contributed by atoms with Crippen molar-refractivity contribution in [2.24, 2.45) is 0 Å². The van der Waals surface area contributed by atoms with Gasteiger partial charge in [0.15, 0.2) is 0 Å². The number of hydrogen-bond acceptors (Lipinski definition) is 4. The Morgan fingerprint density at radius 2 is 1.86 bits per heavy atom. The lowest BCUT2D eigenvalue weighted by molar-refractivity contribution is -0.154. The van der Waals surface area contributed by atoms with Crippen molar-refractivity contribution < 1.29 is 19.1 Å². The molecule has 0 saturated heterocycles. The zero-order valence-corrected chi connectivity index (χ0v) is 9.34. The number of hydrogen-bond donors (Lipinski definition) is 0. The first-order valence-electron chi connectivity index (χ1n) is 4.38. The van der Waals surface area contributed by atoms with Crippen molar-refractivity contribution in [1.82, 2.24) is 0 Å². The van der Waals surface area contributed by atoms with E-state index in [1.807, 2.05) is 0 Å². The van der Waals surface area contributed by atoms with Gasteiger partial charge < -0.3 is 9.47 Å². The minimum atomic E-state index is -0.597. The van der Waals surface area contributed by atoms with E-state index in [1.165, 1.54) is 6.92 Å². The summed E-state index contributed by atoms with van der Waals surface area (Å²) in [6.07, 6.45) is -0.766. The van der Waals surface area contributed by atoms with Crippen molar-refractivity contribution >= 4 is 23.5 Å². The summed E-state index contributed by atoms with van der Waals surface area (Å²) in [5.41, 5.74) is 0. The first-order chi connectivity index (χ1) is 6.45. The van der Waals surface area contributed by atoms with Crippen LogP contribution in [0, 0.1) is 0 Å². The summed E-state index contributed by atoms with van der Waals surface area (Å²) in [4.78, 5) is 21.7. The molecule has 0 radical (unpaired) electrons. The summed E-state index contributed by atoms with van der Waals surface area (Å²) in [5.74, 6) is -0.771. The van der Waals surface area contributed by atoms with E-state index in [1.54, 1.807) is 13.8 Å². The number of carbonyl (C=O) groups is 2. The minimum absolute atomic E-state index is 0.00125. The molecule has 0 unspecified atom stereocenters. The van der Waals surface area contributed by atoms with Crippen LogP contribution < -0.4 is 0 Å². The topological polar surface area (TPSA) is 52.6 Å². The first-order valence-corrected chi connectivity index (χ1v) is 4.91. The Morgan fingerprint density at radius 3 is 2.21 bits per heavy atom. The third kappa shape index (κ3) is 6.71. The van der Waals surface area contributed by atoms with E-state index in [9.17, 15) is 9.59 Å². The van der Waals surface area contributed by atoms with Crippen LogP contribution in [0.3, 0.4) is 0 Å². The molecule has 0 aromatic carbocycles. The molecule has 0 N–H and O–H groups in total. The largest absolute Gasteiger partial charge is 0.463 e. The number of halogens is 1. The first kappa shape index (κ1) is 13.2. The molecule has 0 aliphatic rings. The fraction of sp³-hybridized carbons (Fsp3) is 0.778. The maximum atomic E-state index is 11.1. The van der Waals surface area contributed by atoms with Crippen molar-refractivity contribution in [2.75, 3.05) is 5.88 Å². The third-order valence-corrected chi connectivity index (χ3v) is 1.61. The summed E-state index contributed by atoms with van der Waals surface area (Å²) in [7, 11) is 0. The Balaban J connectivity index is 3.92. The van der Waals surface area contributed by atoms with Crippen LogP contribution in [0.25, 0.3) is 0 Å². The maximum Gasteiger partial charge on any atom is 0.309 e. The molecule has 0 aromatic heterocycles. The highest BCUT2D eigenvalue weighted by molar-refractivity contribution is 6.18. The van der Waals surface area contributed by atoms with Crippen LogP contribution >= 0.6 is 11.6 Å². The van der Waals surface area contributed by atoms with Gasteiger partial charge in [-0.3, -0.25) is 9.59 Å². The highest BCUT2D eigenvalue weighted by atomic mass is 35.5. The van der Waals surface area contributed by atoms with Crippen molar-refractivity contribution in [2.45, 2.75) is 39.4 Å². The smallest absolute Gasteiger partial charge is 0.309 e. The molecule has 14 heavy (non-hydrogen) atoms. The molecule has 5 heteroatoms. The lowest BCUT2D eigenvalue weighted by atomic mass is 10.3. The van der Waals surface area contributed by atoms with Gasteiger partial charge in [0, 0.05) is 6.92 Å². The molecule has 0 fully saturated rings. The number of alkyl halides is 1. The lowest BCUT2D eigenvalue weighted by Crippen LogP contribution is -2.24. The van der Waals surface area contributed by atoms with E-state index in [2.05, 4.69) is 0 Å². The maximum absolute atomic E-state index is 11.1. The summed E-state index contributed by atoms with van der Waals surface area (Å²) >= 11 is 5.51. The van der Waals surface area contributed by atoms with Gasteiger partial charge in [0.2, 0.25) is 0 Å². The average molecular weight is 223 g/mol. The summed E-state index contributed by atoms with van der Waals surface area (Å²) in [5, 5.41) is 0. The summed E-state index contributed by atoms with van der Waals surface area (Å²) < 4.78 is 9.66.